The van der Waals surface area contributed by atoms with Gasteiger partial charge in [-0.15, -0.1) is 0 Å². The lowest BCUT2D eigenvalue weighted by molar-refractivity contribution is -0.112. The molecule has 2 rings (SSSR count). The van der Waals surface area contributed by atoms with Crippen LogP contribution in [0.1, 0.15) is 12.5 Å². The molecule has 5 heteroatoms. The lowest BCUT2D eigenvalue weighted by Crippen LogP contribution is -2.20. The molecular weight excluding hydrogens is 322 g/mol. The molecule has 0 saturated carbocycles. The van der Waals surface area contributed by atoms with Gasteiger partial charge in [0.05, 0.1) is 10.7 Å². The second kappa shape index (κ2) is 8.19. The Hall–Kier alpha value is -2.77. The van der Waals surface area contributed by atoms with Crippen molar-refractivity contribution >= 4 is 28.9 Å². The molecule has 0 aliphatic heterocycles. The summed E-state index contributed by atoms with van der Waals surface area (Å²) in [7, 11) is 0. The number of amides is 1. The zero-order valence-electron chi connectivity index (χ0n) is 13.6. The number of anilines is 2. The number of nitrogens with zero attached hydrogens (tertiary/aromatic N) is 2. The van der Waals surface area contributed by atoms with Crippen LogP contribution in [0.5, 0.6) is 0 Å². The molecule has 0 saturated heterocycles. The van der Waals surface area contributed by atoms with Gasteiger partial charge in [-0.25, -0.2) is 0 Å². The minimum atomic E-state index is -0.489. The molecule has 0 spiro atoms. The predicted molar refractivity (Wildman–Crippen MR) is 98.0 cm³/mol. The van der Waals surface area contributed by atoms with Crippen LogP contribution in [0.3, 0.4) is 0 Å². The predicted octanol–water partition coefficient (Wildman–Crippen LogP) is 4.52. The summed E-state index contributed by atoms with van der Waals surface area (Å²) in [6, 6.07) is 16.7. The molecule has 4 nitrogen and oxygen atoms in total. The maximum absolute atomic E-state index is 12.4. The number of para-hydroxylation sites is 1. The van der Waals surface area contributed by atoms with Crippen molar-refractivity contribution < 1.29 is 4.79 Å². The largest absolute Gasteiger partial charge is 0.347 e. The summed E-state index contributed by atoms with van der Waals surface area (Å²) in [5, 5.41) is 12.4. The molecule has 0 aromatic heterocycles. The fourth-order valence-electron chi connectivity index (χ4n) is 2.20. The van der Waals surface area contributed by atoms with Gasteiger partial charge in [0.1, 0.15) is 11.6 Å². The van der Waals surface area contributed by atoms with Gasteiger partial charge in [0.15, 0.2) is 0 Å². The number of nitrogens with one attached hydrogen (secondary N) is 1. The van der Waals surface area contributed by atoms with Gasteiger partial charge in [-0.1, -0.05) is 35.9 Å². The van der Waals surface area contributed by atoms with E-state index in [4.69, 9.17) is 11.6 Å². The van der Waals surface area contributed by atoms with Crippen LogP contribution >= 0.6 is 11.6 Å². The number of aryl methyl sites for hydroxylation is 1. The van der Waals surface area contributed by atoms with Crippen LogP contribution in [-0.4, -0.2) is 12.5 Å². The molecule has 0 radical (unpaired) electrons. The maximum atomic E-state index is 12.4. The van der Waals surface area contributed by atoms with E-state index in [2.05, 4.69) is 5.32 Å². The van der Waals surface area contributed by atoms with Crippen LogP contribution in [0.4, 0.5) is 11.4 Å². The summed E-state index contributed by atoms with van der Waals surface area (Å²) in [6.45, 7) is 4.59. The normalized spacial score (nSPS) is 10.8. The Balaban J connectivity index is 2.25. The molecule has 1 amide bonds. The van der Waals surface area contributed by atoms with Crippen molar-refractivity contribution in [3.8, 4) is 6.07 Å². The molecule has 0 bridgehead atoms. The highest BCUT2D eigenvalue weighted by Gasteiger charge is 2.13. The number of carbonyl (C=O) groups is 1. The molecule has 24 heavy (non-hydrogen) atoms. The van der Waals surface area contributed by atoms with E-state index in [-0.39, 0.29) is 5.57 Å². The summed E-state index contributed by atoms with van der Waals surface area (Å²) in [5.41, 5.74) is 2.52. The Bertz CT molecular complexity index is 808. The molecule has 0 fully saturated rings. The molecule has 1 N–H and O–H groups in total. The topological polar surface area (TPSA) is 56.1 Å². The van der Waals surface area contributed by atoms with Gasteiger partial charge in [-0.05, 0) is 43.7 Å². The highest BCUT2D eigenvalue weighted by Crippen LogP contribution is 2.22. The van der Waals surface area contributed by atoms with Gasteiger partial charge < -0.3 is 10.2 Å². The van der Waals surface area contributed by atoms with Gasteiger partial charge in [-0.3, -0.25) is 4.79 Å². The van der Waals surface area contributed by atoms with E-state index in [9.17, 15) is 10.1 Å². The third-order valence-electron chi connectivity index (χ3n) is 3.45. The second-order valence-corrected chi connectivity index (χ2v) is 5.62. The first-order valence-electron chi connectivity index (χ1n) is 7.56. The summed E-state index contributed by atoms with van der Waals surface area (Å²) >= 11 is 6.04. The van der Waals surface area contributed by atoms with E-state index in [1.807, 2.05) is 49.1 Å². The van der Waals surface area contributed by atoms with Gasteiger partial charge in [0, 0.05) is 18.4 Å². The highest BCUT2D eigenvalue weighted by molar-refractivity contribution is 6.33. The SMILES string of the molecule is CCN(/C=C(/C#N)C(=O)Nc1ccccc1Cl)c1cccc(C)c1. The Kier molecular flexibility index (Phi) is 6.00. The zero-order chi connectivity index (χ0) is 17.5. The van der Waals surface area contributed by atoms with E-state index in [1.54, 1.807) is 30.5 Å². The smallest absolute Gasteiger partial charge is 0.267 e. The van der Waals surface area contributed by atoms with Crippen molar-refractivity contribution in [1.29, 1.82) is 5.26 Å². The first-order chi connectivity index (χ1) is 11.5. The quantitative estimate of drug-likeness (QED) is 0.643. The third-order valence-corrected chi connectivity index (χ3v) is 3.78. The summed E-state index contributed by atoms with van der Waals surface area (Å²) in [6.07, 6.45) is 1.56. The van der Waals surface area contributed by atoms with Crippen LogP contribution in [-0.2, 0) is 4.79 Å². The molecule has 2 aromatic carbocycles. The average Bonchev–Trinajstić information content (AvgIpc) is 2.58. The van der Waals surface area contributed by atoms with Crippen molar-refractivity contribution in [2.75, 3.05) is 16.8 Å². The van der Waals surface area contributed by atoms with Crippen molar-refractivity contribution in [2.45, 2.75) is 13.8 Å². The molecule has 0 unspecified atom stereocenters. The molecule has 0 aliphatic carbocycles. The molecule has 0 atom stereocenters. The monoisotopic (exact) mass is 339 g/mol. The van der Waals surface area contributed by atoms with Crippen molar-refractivity contribution in [3.63, 3.8) is 0 Å². The lowest BCUT2D eigenvalue weighted by Gasteiger charge is -2.19. The molecule has 0 heterocycles. The number of halogens is 1. The Labute approximate surface area is 147 Å². The van der Waals surface area contributed by atoms with Crippen molar-refractivity contribution in [1.82, 2.24) is 0 Å². The standard InChI is InChI=1S/C19H18ClN3O/c1-3-23(16-8-6-7-14(2)11-16)13-15(12-21)19(24)22-18-10-5-4-9-17(18)20/h4-11,13H,3H2,1-2H3,(H,22,24)/b15-13-. The fraction of sp³-hybridized carbons (Fsp3) is 0.158. The summed E-state index contributed by atoms with van der Waals surface area (Å²) < 4.78 is 0. The van der Waals surface area contributed by atoms with Crippen LogP contribution < -0.4 is 10.2 Å². The Morgan fingerprint density at radius 2 is 2.04 bits per heavy atom. The maximum Gasteiger partial charge on any atom is 0.267 e. The minimum absolute atomic E-state index is 0.0123. The van der Waals surface area contributed by atoms with E-state index in [0.29, 0.717) is 17.3 Å². The Morgan fingerprint density at radius 1 is 1.29 bits per heavy atom. The third kappa shape index (κ3) is 4.37. The number of carbonyl (C=O) groups excluding carboxylic acids is 1. The van der Waals surface area contributed by atoms with Gasteiger partial charge in [0.25, 0.3) is 5.91 Å². The molecule has 0 aliphatic rings. The highest BCUT2D eigenvalue weighted by atomic mass is 35.5. The first-order valence-corrected chi connectivity index (χ1v) is 7.94. The van der Waals surface area contributed by atoms with Crippen LogP contribution in [0.2, 0.25) is 5.02 Å². The van der Waals surface area contributed by atoms with Gasteiger partial charge in [0.2, 0.25) is 0 Å². The van der Waals surface area contributed by atoms with Gasteiger partial charge >= 0.3 is 0 Å². The molecule has 122 valence electrons. The first kappa shape index (κ1) is 17.6. The average molecular weight is 340 g/mol. The minimum Gasteiger partial charge on any atom is -0.347 e. The van der Waals surface area contributed by atoms with Gasteiger partial charge in [-0.2, -0.15) is 5.26 Å². The second-order valence-electron chi connectivity index (χ2n) is 5.21. The number of nitriles is 1. The number of hydrogen-bond donors (Lipinski definition) is 1. The van der Waals surface area contributed by atoms with Crippen molar-refractivity contribution in [2.24, 2.45) is 0 Å². The van der Waals surface area contributed by atoms with Crippen molar-refractivity contribution in [3.05, 3.63) is 70.9 Å². The van der Waals surface area contributed by atoms with E-state index < -0.39 is 5.91 Å². The Morgan fingerprint density at radius 3 is 2.67 bits per heavy atom. The number of benzene rings is 2. The molecule has 2 aromatic rings. The summed E-state index contributed by atoms with van der Waals surface area (Å²) in [5.74, 6) is -0.489. The van der Waals surface area contributed by atoms with Crippen LogP contribution in [0.25, 0.3) is 0 Å². The van der Waals surface area contributed by atoms with E-state index in [0.717, 1.165) is 11.3 Å². The van der Waals surface area contributed by atoms with E-state index in [1.165, 1.54) is 0 Å². The lowest BCUT2D eigenvalue weighted by atomic mass is 10.2. The van der Waals surface area contributed by atoms with Crippen LogP contribution in [0.15, 0.2) is 60.3 Å². The zero-order valence-corrected chi connectivity index (χ0v) is 14.3. The number of rotatable bonds is 5. The van der Waals surface area contributed by atoms with E-state index >= 15 is 0 Å². The molecular formula is C19H18ClN3O. The van der Waals surface area contributed by atoms with Crippen LogP contribution in [0, 0.1) is 18.3 Å². The summed E-state index contributed by atoms with van der Waals surface area (Å²) in [4.78, 5) is 14.2. The number of hydrogen-bond acceptors (Lipinski definition) is 3. The fourth-order valence-corrected chi connectivity index (χ4v) is 2.38.